The molecule has 0 aliphatic carbocycles. The van der Waals surface area contributed by atoms with Gasteiger partial charge in [0.05, 0.1) is 5.88 Å². The Morgan fingerprint density at radius 2 is 2.12 bits per heavy atom. The number of allylic oxidation sites excluding steroid dienone is 1. The molecule has 1 aliphatic rings. The van der Waals surface area contributed by atoms with Crippen molar-refractivity contribution in [3.05, 3.63) is 41.1 Å². The second-order valence-electron chi connectivity index (χ2n) is 4.03. The van der Waals surface area contributed by atoms with Crippen molar-refractivity contribution in [3.63, 3.8) is 0 Å². The minimum Gasteiger partial charge on any atom is -0.378 e. The standard InChI is InChI=1S/C13H16N2OS/c1-9-13(17-8-15-9)12-5-3-11(4-6-12)7-14-10(2)16/h3-6,15H,7-8H2,1-2H3,(H,14,16). The molecule has 1 heterocycles. The van der Waals surface area contributed by atoms with E-state index in [0.717, 1.165) is 11.4 Å². The van der Waals surface area contributed by atoms with Gasteiger partial charge in [-0.3, -0.25) is 4.79 Å². The molecule has 4 heteroatoms. The molecule has 0 unspecified atom stereocenters. The zero-order chi connectivity index (χ0) is 12.3. The van der Waals surface area contributed by atoms with Gasteiger partial charge in [0.2, 0.25) is 5.91 Å². The Bertz CT molecular complexity index is 451. The van der Waals surface area contributed by atoms with Gasteiger partial charge < -0.3 is 10.6 Å². The second-order valence-corrected chi connectivity index (χ2v) is 5.01. The lowest BCUT2D eigenvalue weighted by Crippen LogP contribution is -2.18. The molecule has 1 amide bonds. The molecule has 1 aromatic rings. The van der Waals surface area contributed by atoms with Crippen molar-refractivity contribution < 1.29 is 4.79 Å². The molecular weight excluding hydrogens is 232 g/mol. The van der Waals surface area contributed by atoms with E-state index in [1.165, 1.54) is 23.1 Å². The van der Waals surface area contributed by atoms with Crippen LogP contribution in [0.25, 0.3) is 4.91 Å². The van der Waals surface area contributed by atoms with Crippen molar-refractivity contribution in [2.24, 2.45) is 0 Å². The third-order valence-electron chi connectivity index (χ3n) is 2.65. The third kappa shape index (κ3) is 3.03. The molecular formula is C13H16N2OS. The molecule has 2 rings (SSSR count). The molecule has 0 saturated carbocycles. The lowest BCUT2D eigenvalue weighted by atomic mass is 10.1. The fourth-order valence-corrected chi connectivity index (χ4v) is 2.73. The Hall–Kier alpha value is -1.42. The lowest BCUT2D eigenvalue weighted by molar-refractivity contribution is -0.119. The van der Waals surface area contributed by atoms with E-state index in [0.29, 0.717) is 6.54 Å². The van der Waals surface area contributed by atoms with E-state index in [1.54, 1.807) is 0 Å². The van der Waals surface area contributed by atoms with Crippen LogP contribution in [0.3, 0.4) is 0 Å². The molecule has 17 heavy (non-hydrogen) atoms. The van der Waals surface area contributed by atoms with Gasteiger partial charge in [-0.25, -0.2) is 0 Å². The summed E-state index contributed by atoms with van der Waals surface area (Å²) in [5.74, 6) is 0.956. The molecule has 0 bridgehead atoms. The molecule has 0 spiro atoms. The van der Waals surface area contributed by atoms with Crippen LogP contribution in [0.5, 0.6) is 0 Å². The van der Waals surface area contributed by atoms with Crippen molar-refractivity contribution in [2.75, 3.05) is 5.88 Å². The van der Waals surface area contributed by atoms with Crippen molar-refractivity contribution in [3.8, 4) is 0 Å². The first-order valence-corrected chi connectivity index (χ1v) is 6.56. The first-order valence-electron chi connectivity index (χ1n) is 5.58. The number of thioether (sulfide) groups is 1. The molecule has 0 aromatic heterocycles. The van der Waals surface area contributed by atoms with Gasteiger partial charge in [0, 0.05) is 24.1 Å². The number of carbonyl (C=O) groups is 1. The van der Waals surface area contributed by atoms with Crippen LogP contribution in [0.4, 0.5) is 0 Å². The van der Waals surface area contributed by atoms with Gasteiger partial charge in [-0.1, -0.05) is 24.3 Å². The summed E-state index contributed by atoms with van der Waals surface area (Å²) in [5, 5.41) is 6.10. The minimum atomic E-state index is 0.00294. The Labute approximate surface area is 106 Å². The van der Waals surface area contributed by atoms with Crippen LogP contribution >= 0.6 is 11.8 Å². The van der Waals surface area contributed by atoms with E-state index < -0.39 is 0 Å². The number of nitrogens with one attached hydrogen (secondary N) is 2. The zero-order valence-electron chi connectivity index (χ0n) is 10.0. The van der Waals surface area contributed by atoms with Crippen LogP contribution in [0.1, 0.15) is 25.0 Å². The van der Waals surface area contributed by atoms with Crippen LogP contribution in [0, 0.1) is 0 Å². The maximum atomic E-state index is 10.8. The second kappa shape index (κ2) is 5.27. The summed E-state index contributed by atoms with van der Waals surface area (Å²) in [6, 6.07) is 8.33. The molecule has 0 atom stereocenters. The van der Waals surface area contributed by atoms with Crippen LogP contribution in [-0.4, -0.2) is 11.8 Å². The summed E-state index contributed by atoms with van der Waals surface area (Å²) in [7, 11) is 0. The van der Waals surface area contributed by atoms with Gasteiger partial charge in [0.1, 0.15) is 0 Å². The largest absolute Gasteiger partial charge is 0.378 e. The monoisotopic (exact) mass is 248 g/mol. The Kier molecular flexibility index (Phi) is 3.74. The Morgan fingerprint density at radius 3 is 2.65 bits per heavy atom. The molecule has 3 nitrogen and oxygen atoms in total. The number of benzene rings is 1. The fraction of sp³-hybridized carbons (Fsp3) is 0.308. The average Bonchev–Trinajstić information content (AvgIpc) is 2.73. The molecule has 0 fully saturated rings. The highest BCUT2D eigenvalue weighted by Gasteiger charge is 2.12. The van der Waals surface area contributed by atoms with E-state index in [4.69, 9.17) is 0 Å². The molecule has 1 aromatic carbocycles. The van der Waals surface area contributed by atoms with Crippen molar-refractivity contribution >= 4 is 22.6 Å². The van der Waals surface area contributed by atoms with Crippen molar-refractivity contribution in [1.82, 2.24) is 10.6 Å². The minimum absolute atomic E-state index is 0.00294. The van der Waals surface area contributed by atoms with Gasteiger partial charge >= 0.3 is 0 Å². The quantitative estimate of drug-likeness (QED) is 0.862. The summed E-state index contributed by atoms with van der Waals surface area (Å²) < 4.78 is 0. The predicted molar refractivity (Wildman–Crippen MR) is 72.2 cm³/mol. The van der Waals surface area contributed by atoms with Crippen LogP contribution in [0.2, 0.25) is 0 Å². The first-order chi connectivity index (χ1) is 8.16. The molecule has 0 saturated heterocycles. The predicted octanol–water partition coefficient (Wildman–Crippen LogP) is 2.31. The SMILES string of the molecule is CC(=O)NCc1ccc(C2=C(C)NCS2)cc1. The third-order valence-corrected chi connectivity index (χ3v) is 3.77. The number of rotatable bonds is 3. The molecule has 1 aliphatic heterocycles. The highest BCUT2D eigenvalue weighted by Crippen LogP contribution is 2.33. The molecule has 2 N–H and O–H groups in total. The van der Waals surface area contributed by atoms with E-state index in [2.05, 4.69) is 41.8 Å². The summed E-state index contributed by atoms with van der Waals surface area (Å²) in [5.41, 5.74) is 3.60. The molecule has 0 radical (unpaired) electrons. The van der Waals surface area contributed by atoms with Gasteiger partial charge in [-0.15, -0.1) is 11.8 Å². The van der Waals surface area contributed by atoms with Crippen molar-refractivity contribution in [2.45, 2.75) is 20.4 Å². The van der Waals surface area contributed by atoms with Crippen molar-refractivity contribution in [1.29, 1.82) is 0 Å². The van der Waals surface area contributed by atoms with E-state index >= 15 is 0 Å². The Balaban J connectivity index is 2.08. The average molecular weight is 248 g/mol. The first kappa shape index (κ1) is 12.0. The lowest BCUT2D eigenvalue weighted by Gasteiger charge is -2.05. The summed E-state index contributed by atoms with van der Waals surface area (Å²) in [6.07, 6.45) is 0. The Morgan fingerprint density at radius 1 is 1.41 bits per heavy atom. The van der Waals surface area contributed by atoms with Crippen LogP contribution in [0.15, 0.2) is 30.0 Å². The highest BCUT2D eigenvalue weighted by molar-refractivity contribution is 8.08. The van der Waals surface area contributed by atoms with Gasteiger partial charge in [0.15, 0.2) is 0 Å². The number of amides is 1. The maximum Gasteiger partial charge on any atom is 0.217 e. The van der Waals surface area contributed by atoms with E-state index in [1.807, 2.05) is 11.8 Å². The molecule has 90 valence electrons. The summed E-state index contributed by atoms with van der Waals surface area (Å²) in [4.78, 5) is 12.1. The number of hydrogen-bond donors (Lipinski definition) is 2. The van der Waals surface area contributed by atoms with E-state index in [-0.39, 0.29) is 5.91 Å². The van der Waals surface area contributed by atoms with Crippen LogP contribution < -0.4 is 10.6 Å². The zero-order valence-corrected chi connectivity index (χ0v) is 10.9. The van der Waals surface area contributed by atoms with Gasteiger partial charge in [-0.05, 0) is 18.1 Å². The number of hydrogen-bond acceptors (Lipinski definition) is 3. The summed E-state index contributed by atoms with van der Waals surface area (Å²) in [6.45, 7) is 4.23. The normalized spacial score (nSPS) is 14.7. The summed E-state index contributed by atoms with van der Waals surface area (Å²) >= 11 is 1.83. The fourth-order valence-electron chi connectivity index (χ4n) is 1.71. The number of carbonyl (C=O) groups excluding carboxylic acids is 1. The highest BCUT2D eigenvalue weighted by atomic mass is 32.2. The topological polar surface area (TPSA) is 41.1 Å². The van der Waals surface area contributed by atoms with Gasteiger partial charge in [0.25, 0.3) is 0 Å². The van der Waals surface area contributed by atoms with Gasteiger partial charge in [-0.2, -0.15) is 0 Å². The van der Waals surface area contributed by atoms with Crippen LogP contribution in [-0.2, 0) is 11.3 Å². The van der Waals surface area contributed by atoms with E-state index in [9.17, 15) is 4.79 Å². The maximum absolute atomic E-state index is 10.8. The smallest absolute Gasteiger partial charge is 0.217 e.